The van der Waals surface area contributed by atoms with Crippen LogP contribution in [0.15, 0.2) is 17.6 Å². The van der Waals surface area contributed by atoms with Gasteiger partial charge in [0.2, 0.25) is 0 Å². The minimum Gasteiger partial charge on any atom is -0.310 e. The van der Waals surface area contributed by atoms with Crippen LogP contribution in [0.2, 0.25) is 0 Å². The Labute approximate surface area is 109 Å². The van der Waals surface area contributed by atoms with Crippen LogP contribution in [0.4, 0.5) is 0 Å². The third kappa shape index (κ3) is 5.50. The molecule has 0 bridgehead atoms. The Morgan fingerprint density at radius 1 is 1.12 bits per heavy atom. The molecule has 1 rings (SSSR count). The van der Waals surface area contributed by atoms with E-state index in [9.17, 15) is 0 Å². The van der Waals surface area contributed by atoms with Crippen LogP contribution in [-0.2, 0) is 6.54 Å². The Morgan fingerprint density at radius 2 is 1.71 bits per heavy atom. The SMILES string of the molecule is CC(C)NCc1cnc(SC(C)C(C)C)nc1. The molecule has 0 fully saturated rings. The highest BCUT2D eigenvalue weighted by atomic mass is 32.2. The zero-order chi connectivity index (χ0) is 12.8. The smallest absolute Gasteiger partial charge is 0.187 e. The van der Waals surface area contributed by atoms with Crippen LogP contribution < -0.4 is 5.32 Å². The van der Waals surface area contributed by atoms with Crippen molar-refractivity contribution in [1.29, 1.82) is 0 Å². The van der Waals surface area contributed by atoms with Crippen LogP contribution >= 0.6 is 11.8 Å². The number of hydrogen-bond donors (Lipinski definition) is 1. The molecule has 1 N–H and O–H groups in total. The summed E-state index contributed by atoms with van der Waals surface area (Å²) in [5.41, 5.74) is 1.14. The normalized spacial score (nSPS) is 13.4. The van der Waals surface area contributed by atoms with Gasteiger partial charge in [-0.15, -0.1) is 0 Å². The van der Waals surface area contributed by atoms with Gasteiger partial charge in [-0.25, -0.2) is 9.97 Å². The molecule has 0 aliphatic heterocycles. The predicted molar refractivity (Wildman–Crippen MR) is 74.2 cm³/mol. The van der Waals surface area contributed by atoms with Gasteiger partial charge >= 0.3 is 0 Å². The predicted octanol–water partition coefficient (Wildman–Crippen LogP) is 3.11. The second kappa shape index (κ2) is 6.97. The molecule has 3 nitrogen and oxygen atoms in total. The number of nitrogens with zero attached hydrogens (tertiary/aromatic N) is 2. The lowest BCUT2D eigenvalue weighted by atomic mass is 10.2. The fourth-order valence-corrected chi connectivity index (χ4v) is 1.95. The maximum atomic E-state index is 4.39. The molecule has 17 heavy (non-hydrogen) atoms. The molecule has 1 aromatic rings. The van der Waals surface area contributed by atoms with Crippen LogP contribution in [0, 0.1) is 5.92 Å². The van der Waals surface area contributed by atoms with Crippen LogP contribution in [0.25, 0.3) is 0 Å². The van der Waals surface area contributed by atoms with Gasteiger partial charge in [-0.2, -0.15) is 0 Å². The first-order valence-corrected chi connectivity index (χ1v) is 7.08. The second-order valence-electron chi connectivity index (χ2n) is 4.98. The molecule has 0 radical (unpaired) electrons. The summed E-state index contributed by atoms with van der Waals surface area (Å²) in [6, 6.07) is 0.491. The molecule has 0 aliphatic rings. The first-order valence-electron chi connectivity index (χ1n) is 6.20. The standard InChI is InChI=1S/C13H23N3S/c1-9(2)11(5)17-13-15-7-12(8-16-13)6-14-10(3)4/h7-11,14H,6H2,1-5H3. The Balaban J connectivity index is 2.50. The van der Waals surface area contributed by atoms with Gasteiger partial charge in [-0.1, -0.05) is 46.4 Å². The number of hydrogen-bond acceptors (Lipinski definition) is 4. The first kappa shape index (κ1) is 14.5. The van der Waals surface area contributed by atoms with Crippen molar-refractivity contribution in [3.63, 3.8) is 0 Å². The summed E-state index contributed by atoms with van der Waals surface area (Å²) >= 11 is 1.74. The average molecular weight is 253 g/mol. The van der Waals surface area contributed by atoms with Gasteiger partial charge in [-0.3, -0.25) is 0 Å². The van der Waals surface area contributed by atoms with Gasteiger partial charge in [0.25, 0.3) is 0 Å². The summed E-state index contributed by atoms with van der Waals surface area (Å²) in [5, 5.41) is 4.78. The third-order valence-corrected chi connectivity index (χ3v) is 3.96. The van der Waals surface area contributed by atoms with E-state index in [0.717, 1.165) is 17.3 Å². The van der Waals surface area contributed by atoms with Gasteiger partial charge in [0.15, 0.2) is 5.16 Å². The van der Waals surface area contributed by atoms with E-state index in [2.05, 4.69) is 49.9 Å². The summed E-state index contributed by atoms with van der Waals surface area (Å²) in [4.78, 5) is 8.78. The molecule has 96 valence electrons. The van der Waals surface area contributed by atoms with E-state index in [1.807, 2.05) is 12.4 Å². The second-order valence-corrected chi connectivity index (χ2v) is 6.32. The molecule has 0 spiro atoms. The Bertz CT molecular complexity index is 322. The molecule has 0 saturated heterocycles. The largest absolute Gasteiger partial charge is 0.310 e. The lowest BCUT2D eigenvalue weighted by molar-refractivity contribution is 0.585. The van der Waals surface area contributed by atoms with E-state index >= 15 is 0 Å². The van der Waals surface area contributed by atoms with Gasteiger partial charge in [0.05, 0.1) is 0 Å². The summed E-state index contributed by atoms with van der Waals surface area (Å²) in [6.45, 7) is 11.8. The Hall–Kier alpha value is -0.610. The zero-order valence-corrected chi connectivity index (χ0v) is 12.2. The van der Waals surface area contributed by atoms with Crippen molar-refractivity contribution in [2.45, 2.75) is 57.6 Å². The first-order chi connectivity index (χ1) is 7.99. The van der Waals surface area contributed by atoms with Crippen LogP contribution in [0.3, 0.4) is 0 Å². The highest BCUT2D eigenvalue weighted by molar-refractivity contribution is 7.99. The lowest BCUT2D eigenvalue weighted by Gasteiger charge is -2.13. The molecule has 0 amide bonds. The molecule has 1 atom stereocenters. The fourth-order valence-electron chi connectivity index (χ4n) is 1.12. The Kier molecular flexibility index (Phi) is 5.92. The summed E-state index contributed by atoms with van der Waals surface area (Å²) < 4.78 is 0. The van der Waals surface area contributed by atoms with Crippen molar-refractivity contribution in [1.82, 2.24) is 15.3 Å². The lowest BCUT2D eigenvalue weighted by Crippen LogP contribution is -2.22. The Morgan fingerprint density at radius 3 is 2.18 bits per heavy atom. The molecular weight excluding hydrogens is 230 g/mol. The number of aromatic nitrogens is 2. The van der Waals surface area contributed by atoms with Crippen molar-refractivity contribution in [2.75, 3.05) is 0 Å². The monoisotopic (exact) mass is 253 g/mol. The van der Waals surface area contributed by atoms with E-state index in [-0.39, 0.29) is 0 Å². The molecule has 0 aliphatic carbocycles. The molecule has 1 aromatic heterocycles. The van der Waals surface area contributed by atoms with Gasteiger partial charge in [0, 0.05) is 35.8 Å². The van der Waals surface area contributed by atoms with Crippen LogP contribution in [0.1, 0.15) is 40.2 Å². The van der Waals surface area contributed by atoms with Crippen LogP contribution in [-0.4, -0.2) is 21.3 Å². The van der Waals surface area contributed by atoms with E-state index in [4.69, 9.17) is 0 Å². The van der Waals surface area contributed by atoms with Crippen molar-refractivity contribution in [2.24, 2.45) is 5.92 Å². The van der Waals surface area contributed by atoms with Crippen LogP contribution in [0.5, 0.6) is 0 Å². The number of nitrogens with one attached hydrogen (secondary N) is 1. The minimum absolute atomic E-state index is 0.491. The van der Waals surface area contributed by atoms with E-state index < -0.39 is 0 Å². The van der Waals surface area contributed by atoms with Crippen molar-refractivity contribution in [3.05, 3.63) is 18.0 Å². The number of rotatable bonds is 6. The maximum Gasteiger partial charge on any atom is 0.187 e. The minimum atomic E-state index is 0.491. The topological polar surface area (TPSA) is 37.8 Å². The molecule has 0 aromatic carbocycles. The van der Waals surface area contributed by atoms with Crippen molar-refractivity contribution in [3.8, 4) is 0 Å². The highest BCUT2D eigenvalue weighted by Crippen LogP contribution is 2.24. The molecule has 1 unspecified atom stereocenters. The highest BCUT2D eigenvalue weighted by Gasteiger charge is 2.10. The summed E-state index contributed by atoms with van der Waals surface area (Å²) in [6.07, 6.45) is 3.83. The third-order valence-electron chi connectivity index (χ3n) is 2.63. The molecular formula is C13H23N3S. The van der Waals surface area contributed by atoms with Crippen molar-refractivity contribution >= 4 is 11.8 Å². The van der Waals surface area contributed by atoms with Crippen molar-refractivity contribution < 1.29 is 0 Å². The summed E-state index contributed by atoms with van der Waals surface area (Å²) in [7, 11) is 0. The molecule has 4 heteroatoms. The molecule has 0 saturated carbocycles. The van der Waals surface area contributed by atoms with E-state index in [1.165, 1.54) is 0 Å². The van der Waals surface area contributed by atoms with Gasteiger partial charge in [-0.05, 0) is 5.92 Å². The maximum absolute atomic E-state index is 4.39. The van der Waals surface area contributed by atoms with Gasteiger partial charge < -0.3 is 5.32 Å². The summed E-state index contributed by atoms with van der Waals surface area (Å²) in [5.74, 6) is 0.644. The number of thioether (sulfide) groups is 1. The van der Waals surface area contributed by atoms with Gasteiger partial charge in [0.1, 0.15) is 0 Å². The quantitative estimate of drug-likeness (QED) is 0.624. The average Bonchev–Trinajstić information content (AvgIpc) is 2.28. The van der Waals surface area contributed by atoms with E-state index in [1.54, 1.807) is 11.8 Å². The molecule has 1 heterocycles. The zero-order valence-electron chi connectivity index (χ0n) is 11.4. The fraction of sp³-hybridized carbons (Fsp3) is 0.692. The van der Waals surface area contributed by atoms with E-state index in [0.29, 0.717) is 17.2 Å².